The molecule has 3 N–H and O–H groups in total. The predicted octanol–water partition coefficient (Wildman–Crippen LogP) is 4.91. The van der Waals surface area contributed by atoms with Crippen molar-refractivity contribution in [2.24, 2.45) is 5.10 Å². The molecule has 0 fully saturated rings. The van der Waals surface area contributed by atoms with Crippen LogP contribution in [-0.4, -0.2) is 37.0 Å². The third-order valence-electron chi connectivity index (χ3n) is 5.51. The number of nitrogens with one attached hydrogen (secondary N) is 3. The average molecular weight is 571 g/mol. The van der Waals surface area contributed by atoms with E-state index in [1.165, 1.54) is 49.7 Å². The van der Waals surface area contributed by atoms with Crippen molar-refractivity contribution in [3.63, 3.8) is 0 Å². The van der Waals surface area contributed by atoms with Gasteiger partial charge in [-0.2, -0.15) is 5.10 Å². The van der Waals surface area contributed by atoms with Crippen molar-refractivity contribution in [3.05, 3.63) is 119 Å². The Morgan fingerprint density at radius 3 is 2.22 bits per heavy atom. The Labute approximate surface area is 239 Å². The molecular formula is C30H23ClN4O6. The Balaban J connectivity index is 1.35. The maximum atomic E-state index is 12.7. The number of amides is 3. The van der Waals surface area contributed by atoms with Crippen LogP contribution in [0.5, 0.6) is 11.5 Å². The van der Waals surface area contributed by atoms with Gasteiger partial charge in [-0.25, -0.2) is 10.2 Å². The van der Waals surface area contributed by atoms with Crippen LogP contribution in [0.3, 0.4) is 0 Å². The second-order valence-electron chi connectivity index (χ2n) is 8.33. The SMILES string of the molecule is COc1cc(C=NNC(=O)C(=O)Nc2ccccc2C(=O)Nc2ccccc2)ccc1OC(=O)c1ccc(Cl)cc1. The van der Waals surface area contributed by atoms with Crippen LogP contribution in [0, 0.1) is 0 Å². The summed E-state index contributed by atoms with van der Waals surface area (Å²) >= 11 is 5.85. The van der Waals surface area contributed by atoms with Crippen molar-refractivity contribution < 1.29 is 28.7 Å². The second kappa shape index (κ2) is 13.5. The number of halogens is 1. The number of para-hydroxylation sites is 2. The number of anilines is 2. The molecule has 0 unspecified atom stereocenters. The first-order valence-electron chi connectivity index (χ1n) is 12.1. The lowest BCUT2D eigenvalue weighted by atomic mass is 10.1. The van der Waals surface area contributed by atoms with Gasteiger partial charge < -0.3 is 20.1 Å². The molecule has 0 aliphatic heterocycles. The van der Waals surface area contributed by atoms with Crippen LogP contribution < -0.4 is 25.5 Å². The standard InChI is InChI=1S/C30H23ClN4O6/c1-40-26-17-19(11-16-25(26)41-30(39)20-12-14-21(31)15-13-20)18-32-35-29(38)28(37)34-24-10-6-5-9-23(24)27(36)33-22-7-3-2-4-8-22/h2-18H,1H3,(H,33,36)(H,34,37)(H,35,38). The molecule has 0 aliphatic carbocycles. The predicted molar refractivity (Wildman–Crippen MR) is 155 cm³/mol. The minimum atomic E-state index is -1.06. The summed E-state index contributed by atoms with van der Waals surface area (Å²) in [6.07, 6.45) is 1.28. The molecule has 0 aromatic heterocycles. The van der Waals surface area contributed by atoms with E-state index >= 15 is 0 Å². The molecule has 41 heavy (non-hydrogen) atoms. The second-order valence-corrected chi connectivity index (χ2v) is 8.76. The number of benzene rings is 4. The number of carbonyl (C=O) groups excluding carboxylic acids is 4. The quantitative estimate of drug-likeness (QED) is 0.0905. The van der Waals surface area contributed by atoms with Gasteiger partial charge in [0.1, 0.15) is 0 Å². The highest BCUT2D eigenvalue weighted by Crippen LogP contribution is 2.28. The number of carbonyl (C=O) groups is 4. The molecule has 0 aliphatic rings. The lowest BCUT2D eigenvalue weighted by Crippen LogP contribution is -2.33. The molecule has 0 saturated heterocycles. The molecule has 4 rings (SSSR count). The molecule has 0 atom stereocenters. The number of hydrogen-bond donors (Lipinski definition) is 3. The highest BCUT2D eigenvalue weighted by atomic mass is 35.5. The first kappa shape index (κ1) is 28.5. The first-order chi connectivity index (χ1) is 19.8. The van der Waals surface area contributed by atoms with Gasteiger partial charge in [-0.3, -0.25) is 14.4 Å². The largest absolute Gasteiger partial charge is 0.493 e. The molecule has 10 nitrogen and oxygen atoms in total. The highest BCUT2D eigenvalue weighted by molar-refractivity contribution is 6.40. The van der Waals surface area contributed by atoms with Crippen molar-refractivity contribution in [1.29, 1.82) is 0 Å². The Morgan fingerprint density at radius 1 is 0.780 bits per heavy atom. The monoisotopic (exact) mass is 570 g/mol. The van der Waals surface area contributed by atoms with Gasteiger partial charge in [0.15, 0.2) is 11.5 Å². The van der Waals surface area contributed by atoms with E-state index < -0.39 is 23.7 Å². The van der Waals surface area contributed by atoms with Gasteiger partial charge in [0.25, 0.3) is 5.91 Å². The third-order valence-corrected chi connectivity index (χ3v) is 5.76. The first-order valence-corrected chi connectivity index (χ1v) is 12.5. The molecular weight excluding hydrogens is 548 g/mol. The van der Waals surface area contributed by atoms with Gasteiger partial charge in [0, 0.05) is 10.7 Å². The van der Waals surface area contributed by atoms with E-state index in [1.807, 2.05) is 6.07 Å². The van der Waals surface area contributed by atoms with Crippen molar-refractivity contribution >= 4 is 52.9 Å². The van der Waals surface area contributed by atoms with Crippen LogP contribution in [0.15, 0.2) is 102 Å². The molecule has 4 aromatic rings. The van der Waals surface area contributed by atoms with Crippen molar-refractivity contribution in [2.75, 3.05) is 17.7 Å². The van der Waals surface area contributed by atoms with Crippen LogP contribution in [0.4, 0.5) is 11.4 Å². The van der Waals surface area contributed by atoms with Crippen LogP contribution >= 0.6 is 11.6 Å². The van der Waals surface area contributed by atoms with E-state index in [1.54, 1.807) is 54.6 Å². The van der Waals surface area contributed by atoms with Crippen LogP contribution in [0.2, 0.25) is 5.02 Å². The fourth-order valence-electron chi connectivity index (χ4n) is 3.50. The van der Waals surface area contributed by atoms with E-state index in [9.17, 15) is 19.2 Å². The van der Waals surface area contributed by atoms with Crippen molar-refractivity contribution in [2.45, 2.75) is 0 Å². The smallest absolute Gasteiger partial charge is 0.343 e. The molecule has 11 heteroatoms. The highest BCUT2D eigenvalue weighted by Gasteiger charge is 2.18. The Bertz CT molecular complexity index is 1610. The maximum Gasteiger partial charge on any atom is 0.343 e. The maximum absolute atomic E-state index is 12.7. The molecule has 206 valence electrons. The van der Waals surface area contributed by atoms with Gasteiger partial charge >= 0.3 is 17.8 Å². The normalized spacial score (nSPS) is 10.5. The summed E-state index contributed by atoms with van der Waals surface area (Å²) in [5.74, 6) is -2.72. The minimum Gasteiger partial charge on any atom is -0.493 e. The van der Waals surface area contributed by atoms with Gasteiger partial charge in [0.05, 0.1) is 30.1 Å². The van der Waals surface area contributed by atoms with E-state index in [0.717, 1.165) is 0 Å². The fraction of sp³-hybridized carbons (Fsp3) is 0.0333. The summed E-state index contributed by atoms with van der Waals surface area (Å²) in [4.78, 5) is 49.9. The van der Waals surface area contributed by atoms with Gasteiger partial charge in [-0.15, -0.1) is 0 Å². The zero-order valence-corrected chi connectivity index (χ0v) is 22.3. The van der Waals surface area contributed by atoms with Crippen molar-refractivity contribution in [1.82, 2.24) is 5.43 Å². The van der Waals surface area contributed by atoms with Crippen LogP contribution in [0.1, 0.15) is 26.3 Å². The molecule has 4 aromatic carbocycles. The summed E-state index contributed by atoms with van der Waals surface area (Å²) in [6, 6.07) is 25.9. The van der Waals surface area contributed by atoms with Gasteiger partial charge in [-0.1, -0.05) is 41.9 Å². The Morgan fingerprint density at radius 2 is 1.49 bits per heavy atom. The summed E-state index contributed by atoms with van der Waals surface area (Å²) in [5.41, 5.74) is 3.82. The van der Waals surface area contributed by atoms with Crippen LogP contribution in [0.25, 0.3) is 0 Å². The number of hydrazone groups is 1. The van der Waals surface area contributed by atoms with Crippen molar-refractivity contribution in [3.8, 4) is 11.5 Å². The lowest BCUT2D eigenvalue weighted by Gasteiger charge is -2.11. The van der Waals surface area contributed by atoms with E-state index in [2.05, 4.69) is 21.2 Å². The number of esters is 1. The number of methoxy groups -OCH3 is 1. The molecule has 0 heterocycles. The van der Waals surface area contributed by atoms with Gasteiger partial charge in [-0.05, 0) is 72.3 Å². The number of nitrogens with zero attached hydrogens (tertiary/aromatic N) is 1. The van der Waals surface area contributed by atoms with Crippen LogP contribution in [-0.2, 0) is 9.59 Å². The molecule has 3 amide bonds. The zero-order valence-electron chi connectivity index (χ0n) is 21.6. The molecule has 0 spiro atoms. The average Bonchev–Trinajstić information content (AvgIpc) is 2.98. The third kappa shape index (κ3) is 7.78. The topological polar surface area (TPSA) is 135 Å². The minimum absolute atomic E-state index is 0.151. The zero-order chi connectivity index (χ0) is 29.2. The number of ether oxygens (including phenoxy) is 2. The number of hydrogen-bond acceptors (Lipinski definition) is 7. The summed E-state index contributed by atoms with van der Waals surface area (Å²) < 4.78 is 10.7. The Hall–Kier alpha value is -5.48. The van der Waals surface area contributed by atoms with E-state index in [-0.39, 0.29) is 22.7 Å². The van der Waals surface area contributed by atoms with E-state index in [4.69, 9.17) is 21.1 Å². The van der Waals surface area contributed by atoms with E-state index in [0.29, 0.717) is 21.8 Å². The summed E-state index contributed by atoms with van der Waals surface area (Å²) in [6.45, 7) is 0. The molecule has 0 radical (unpaired) electrons. The fourth-order valence-corrected chi connectivity index (χ4v) is 3.62. The Kier molecular flexibility index (Phi) is 9.42. The lowest BCUT2D eigenvalue weighted by molar-refractivity contribution is -0.136. The summed E-state index contributed by atoms with van der Waals surface area (Å²) in [7, 11) is 1.40. The summed E-state index contributed by atoms with van der Waals surface area (Å²) in [5, 5.41) is 9.44. The molecule has 0 saturated carbocycles. The number of rotatable bonds is 8. The molecule has 0 bridgehead atoms. The van der Waals surface area contributed by atoms with Gasteiger partial charge in [0.2, 0.25) is 0 Å².